The Morgan fingerprint density at radius 2 is 1.76 bits per heavy atom. The molecule has 0 heterocycles. The van der Waals surface area contributed by atoms with Crippen LogP contribution in [-0.2, 0) is 6.61 Å². The number of hydrogen-bond donors (Lipinski definition) is 2. The molecule has 2 rings (SSSR count). The zero-order valence-corrected chi connectivity index (χ0v) is 15.2. The molecule has 0 fully saturated rings. The molecule has 0 aromatic heterocycles. The van der Waals surface area contributed by atoms with Crippen molar-refractivity contribution in [2.45, 2.75) is 39.9 Å². The third-order valence-corrected chi connectivity index (χ3v) is 3.94. The van der Waals surface area contributed by atoms with E-state index in [0.717, 1.165) is 11.3 Å². The maximum Gasteiger partial charge on any atom is 0.251 e. The fourth-order valence-electron chi connectivity index (χ4n) is 2.73. The molecule has 25 heavy (non-hydrogen) atoms. The summed E-state index contributed by atoms with van der Waals surface area (Å²) in [7, 11) is 0. The first-order chi connectivity index (χ1) is 11.9. The lowest BCUT2D eigenvalue weighted by molar-refractivity contribution is 0.0902. The number of aliphatic hydroxyl groups excluding tert-OH is 1. The molecule has 0 radical (unpaired) electrons. The second-order valence-corrected chi connectivity index (χ2v) is 7.20. The van der Waals surface area contributed by atoms with E-state index in [2.05, 4.69) is 5.32 Å². The molecule has 134 valence electrons. The number of benzene rings is 2. The van der Waals surface area contributed by atoms with E-state index in [4.69, 9.17) is 4.74 Å². The molecule has 1 atom stereocenters. The van der Waals surface area contributed by atoms with Gasteiger partial charge in [-0.1, -0.05) is 44.2 Å². The van der Waals surface area contributed by atoms with Crippen molar-refractivity contribution in [3.05, 3.63) is 65.7 Å². The van der Waals surface area contributed by atoms with E-state index in [1.165, 1.54) is 0 Å². The highest BCUT2D eigenvalue weighted by Gasteiger charge is 2.21. The highest BCUT2D eigenvalue weighted by molar-refractivity contribution is 5.94. The van der Waals surface area contributed by atoms with Crippen molar-refractivity contribution in [2.24, 2.45) is 5.41 Å². The summed E-state index contributed by atoms with van der Waals surface area (Å²) in [5.41, 5.74) is 1.49. The summed E-state index contributed by atoms with van der Waals surface area (Å²) in [5, 5.41) is 12.4. The van der Waals surface area contributed by atoms with Crippen molar-refractivity contribution in [1.82, 2.24) is 5.32 Å². The van der Waals surface area contributed by atoms with Crippen molar-refractivity contribution in [1.29, 1.82) is 0 Å². The lowest BCUT2D eigenvalue weighted by Crippen LogP contribution is -2.35. The van der Waals surface area contributed by atoms with Crippen LogP contribution in [0.4, 0.5) is 0 Å². The topological polar surface area (TPSA) is 58.6 Å². The van der Waals surface area contributed by atoms with Gasteiger partial charge >= 0.3 is 0 Å². The summed E-state index contributed by atoms with van der Waals surface area (Å²) in [6.45, 7) is 6.82. The van der Waals surface area contributed by atoms with Gasteiger partial charge in [-0.2, -0.15) is 0 Å². The zero-order valence-electron chi connectivity index (χ0n) is 15.2. The predicted molar refractivity (Wildman–Crippen MR) is 99.6 cm³/mol. The van der Waals surface area contributed by atoms with Crippen LogP contribution in [0, 0.1) is 5.41 Å². The molecule has 2 aromatic rings. The zero-order chi connectivity index (χ0) is 18.3. The molecule has 0 aliphatic heterocycles. The lowest BCUT2D eigenvalue weighted by atomic mass is 9.87. The summed E-state index contributed by atoms with van der Waals surface area (Å²) in [6.07, 6.45) is 0.263. The van der Waals surface area contributed by atoms with Crippen LogP contribution in [0.5, 0.6) is 5.75 Å². The predicted octanol–water partition coefficient (Wildman–Crippen LogP) is 3.79. The normalized spacial score (nSPS) is 12.5. The average molecular weight is 341 g/mol. The number of carbonyl (C=O) groups excluding carboxylic acids is 1. The maximum atomic E-state index is 12.3. The molecule has 4 heteroatoms. The van der Waals surface area contributed by atoms with Crippen LogP contribution in [0.1, 0.15) is 43.1 Å². The molecule has 1 unspecified atom stereocenters. The second kappa shape index (κ2) is 8.67. The van der Waals surface area contributed by atoms with Gasteiger partial charge in [0.2, 0.25) is 0 Å². The third kappa shape index (κ3) is 6.59. The minimum absolute atomic E-state index is 0.103. The van der Waals surface area contributed by atoms with Gasteiger partial charge in [0.25, 0.3) is 5.91 Å². The van der Waals surface area contributed by atoms with E-state index in [1.54, 1.807) is 19.1 Å². The molecule has 4 nitrogen and oxygen atoms in total. The third-order valence-electron chi connectivity index (χ3n) is 3.94. The summed E-state index contributed by atoms with van der Waals surface area (Å²) in [5.74, 6) is 0.721. The highest BCUT2D eigenvalue weighted by Crippen LogP contribution is 2.21. The van der Waals surface area contributed by atoms with Crippen LogP contribution < -0.4 is 10.1 Å². The van der Waals surface area contributed by atoms with Crippen LogP contribution in [0.15, 0.2) is 54.6 Å². The first-order valence-corrected chi connectivity index (χ1v) is 8.59. The molecule has 0 spiro atoms. The Hall–Kier alpha value is -2.33. The van der Waals surface area contributed by atoms with Gasteiger partial charge < -0.3 is 15.2 Å². The highest BCUT2D eigenvalue weighted by atomic mass is 16.5. The van der Waals surface area contributed by atoms with Gasteiger partial charge in [0.1, 0.15) is 12.4 Å². The average Bonchev–Trinajstić information content (AvgIpc) is 2.58. The van der Waals surface area contributed by atoms with E-state index < -0.39 is 0 Å². The van der Waals surface area contributed by atoms with E-state index in [1.807, 2.05) is 56.3 Å². The minimum Gasteiger partial charge on any atom is -0.489 e. The first-order valence-electron chi connectivity index (χ1n) is 8.59. The number of nitrogens with one attached hydrogen (secondary N) is 1. The van der Waals surface area contributed by atoms with Crippen LogP contribution in [0.2, 0.25) is 0 Å². The van der Waals surface area contributed by atoms with Gasteiger partial charge in [0.15, 0.2) is 0 Å². The van der Waals surface area contributed by atoms with Gasteiger partial charge in [-0.05, 0) is 48.6 Å². The molecule has 0 aliphatic rings. The van der Waals surface area contributed by atoms with Gasteiger partial charge in [-0.3, -0.25) is 4.79 Å². The molecule has 2 N–H and O–H groups in total. The summed E-state index contributed by atoms with van der Waals surface area (Å²) in [4.78, 5) is 12.3. The standard InChI is InChI=1S/C21H27NO3/c1-16(23)13-21(2,3)15-22-20(24)18-11-9-17(10-12-18)14-25-19-7-5-4-6-8-19/h4-12,16,23H,13-15H2,1-3H3,(H,22,24). The van der Waals surface area contributed by atoms with Crippen LogP contribution in [0.25, 0.3) is 0 Å². The molecular weight excluding hydrogens is 314 g/mol. The van der Waals surface area contributed by atoms with E-state index in [-0.39, 0.29) is 17.4 Å². The monoisotopic (exact) mass is 341 g/mol. The molecule has 0 aliphatic carbocycles. The summed E-state index contributed by atoms with van der Waals surface area (Å²) in [6, 6.07) is 17.1. The molecule has 2 aromatic carbocycles. The summed E-state index contributed by atoms with van der Waals surface area (Å²) < 4.78 is 5.70. The van der Waals surface area contributed by atoms with Crippen LogP contribution >= 0.6 is 0 Å². The number of rotatable bonds is 8. The Labute approximate surface area is 149 Å². The first kappa shape index (κ1) is 19.0. The molecule has 1 amide bonds. The number of amides is 1. The maximum absolute atomic E-state index is 12.3. The SMILES string of the molecule is CC(O)CC(C)(C)CNC(=O)c1ccc(COc2ccccc2)cc1. The van der Waals surface area contributed by atoms with Crippen molar-refractivity contribution < 1.29 is 14.6 Å². The summed E-state index contributed by atoms with van der Waals surface area (Å²) >= 11 is 0. The Kier molecular flexibility index (Phi) is 6.59. The van der Waals surface area contributed by atoms with Crippen LogP contribution in [-0.4, -0.2) is 23.7 Å². The van der Waals surface area contributed by atoms with Gasteiger partial charge in [0, 0.05) is 12.1 Å². The molecule has 0 saturated carbocycles. The smallest absolute Gasteiger partial charge is 0.251 e. The van der Waals surface area contributed by atoms with Gasteiger partial charge in [-0.15, -0.1) is 0 Å². The number of aliphatic hydroxyl groups is 1. The quantitative estimate of drug-likeness (QED) is 0.768. The van der Waals surface area contributed by atoms with E-state index in [9.17, 15) is 9.90 Å². The molecular formula is C21H27NO3. The van der Waals surface area contributed by atoms with Crippen molar-refractivity contribution in [3.8, 4) is 5.75 Å². The Morgan fingerprint density at radius 3 is 2.36 bits per heavy atom. The Balaban J connectivity index is 1.85. The van der Waals surface area contributed by atoms with Crippen LogP contribution in [0.3, 0.4) is 0 Å². The second-order valence-electron chi connectivity index (χ2n) is 7.20. The number of hydrogen-bond acceptors (Lipinski definition) is 3. The molecule has 0 bridgehead atoms. The van der Waals surface area contributed by atoms with Gasteiger partial charge in [-0.25, -0.2) is 0 Å². The largest absolute Gasteiger partial charge is 0.489 e. The lowest BCUT2D eigenvalue weighted by Gasteiger charge is -2.26. The number of carbonyl (C=O) groups is 1. The number of para-hydroxylation sites is 1. The molecule has 0 saturated heterocycles. The van der Waals surface area contributed by atoms with Crippen molar-refractivity contribution in [3.63, 3.8) is 0 Å². The van der Waals surface area contributed by atoms with E-state index in [0.29, 0.717) is 25.1 Å². The van der Waals surface area contributed by atoms with Gasteiger partial charge in [0.05, 0.1) is 6.10 Å². The van der Waals surface area contributed by atoms with Crippen molar-refractivity contribution in [2.75, 3.05) is 6.54 Å². The Morgan fingerprint density at radius 1 is 1.12 bits per heavy atom. The fraction of sp³-hybridized carbons (Fsp3) is 0.381. The van der Waals surface area contributed by atoms with E-state index >= 15 is 0 Å². The van der Waals surface area contributed by atoms with Crippen molar-refractivity contribution >= 4 is 5.91 Å². The fourth-order valence-corrected chi connectivity index (χ4v) is 2.73. The minimum atomic E-state index is -0.379. The number of ether oxygens (including phenoxy) is 1. The Bertz CT molecular complexity index is 663.